The first-order valence-electron chi connectivity index (χ1n) is 6.31. The Kier molecular flexibility index (Phi) is 4.68. The van der Waals surface area contributed by atoms with E-state index in [0.29, 0.717) is 11.1 Å². The van der Waals surface area contributed by atoms with Gasteiger partial charge in [-0.05, 0) is 5.56 Å². The fourth-order valence-electron chi connectivity index (χ4n) is 1.84. The number of hydrogen-bond donors (Lipinski definition) is 2. The Morgan fingerprint density at radius 2 is 1.33 bits per heavy atom. The van der Waals surface area contributed by atoms with Crippen molar-refractivity contribution in [3.05, 3.63) is 71.8 Å². The first kappa shape index (κ1) is 14.7. The van der Waals surface area contributed by atoms with E-state index in [1.54, 1.807) is 60.7 Å². The van der Waals surface area contributed by atoms with Crippen LogP contribution in [-0.4, -0.2) is 22.2 Å². The molecule has 0 aromatic heterocycles. The van der Waals surface area contributed by atoms with Crippen LogP contribution in [0, 0.1) is 0 Å². The Morgan fingerprint density at radius 3 is 1.81 bits per heavy atom. The normalized spacial score (nSPS) is 13.2. The van der Waals surface area contributed by atoms with Crippen LogP contribution in [0.3, 0.4) is 0 Å². The number of hydrogen-bond acceptors (Lipinski definition) is 4. The molecule has 0 spiro atoms. The molecule has 2 aromatic carbocycles. The van der Waals surface area contributed by atoms with Crippen molar-refractivity contribution in [2.75, 3.05) is 0 Å². The second-order valence-electron chi connectivity index (χ2n) is 4.38. The highest BCUT2D eigenvalue weighted by molar-refractivity contribution is 5.82. The third-order valence-corrected chi connectivity index (χ3v) is 2.90. The van der Waals surface area contributed by atoms with Crippen molar-refractivity contribution in [3.8, 4) is 0 Å². The Hall–Kier alpha value is -2.66. The van der Waals surface area contributed by atoms with Gasteiger partial charge in [0.2, 0.25) is 6.10 Å². The van der Waals surface area contributed by atoms with E-state index in [1.165, 1.54) is 0 Å². The minimum Gasteiger partial charge on any atom is -0.478 e. The maximum Gasteiger partial charge on any atom is 0.349 e. The molecular formula is C16H14O5. The van der Waals surface area contributed by atoms with Crippen molar-refractivity contribution in [2.24, 2.45) is 0 Å². The van der Waals surface area contributed by atoms with E-state index in [2.05, 4.69) is 0 Å². The number of carbonyl (C=O) groups excluding carboxylic acids is 1. The lowest BCUT2D eigenvalue weighted by Crippen LogP contribution is -2.23. The van der Waals surface area contributed by atoms with Crippen LogP contribution < -0.4 is 0 Å². The molecule has 0 bridgehead atoms. The van der Waals surface area contributed by atoms with Gasteiger partial charge in [-0.15, -0.1) is 0 Å². The Morgan fingerprint density at radius 1 is 0.857 bits per heavy atom. The summed E-state index contributed by atoms with van der Waals surface area (Å²) < 4.78 is 4.93. The van der Waals surface area contributed by atoms with Crippen LogP contribution in [0.1, 0.15) is 23.3 Å². The maximum absolute atomic E-state index is 11.9. The second kappa shape index (κ2) is 6.67. The summed E-state index contributed by atoms with van der Waals surface area (Å²) in [7, 11) is 0. The van der Waals surface area contributed by atoms with Crippen molar-refractivity contribution in [2.45, 2.75) is 12.2 Å². The van der Waals surface area contributed by atoms with E-state index in [1.807, 2.05) is 0 Å². The van der Waals surface area contributed by atoms with Crippen molar-refractivity contribution in [3.63, 3.8) is 0 Å². The first-order valence-corrected chi connectivity index (χ1v) is 6.31. The SMILES string of the molecule is O=C(O[C@H](C(=O)O)c1ccccc1)C(O)c1ccccc1. The Bertz CT molecular complexity index is 609. The zero-order chi connectivity index (χ0) is 15.2. The molecule has 5 heteroatoms. The highest BCUT2D eigenvalue weighted by atomic mass is 16.6. The predicted octanol–water partition coefficient (Wildman–Crippen LogP) is 2.09. The summed E-state index contributed by atoms with van der Waals surface area (Å²) in [5.41, 5.74) is 0.679. The summed E-state index contributed by atoms with van der Waals surface area (Å²) in [6.45, 7) is 0. The quantitative estimate of drug-likeness (QED) is 0.822. The number of ether oxygens (including phenoxy) is 1. The number of aliphatic hydroxyl groups excluding tert-OH is 1. The van der Waals surface area contributed by atoms with Gasteiger partial charge in [-0.1, -0.05) is 60.7 Å². The molecule has 0 radical (unpaired) electrons. The van der Waals surface area contributed by atoms with E-state index >= 15 is 0 Å². The summed E-state index contributed by atoms with van der Waals surface area (Å²) in [5, 5.41) is 19.1. The highest BCUT2D eigenvalue weighted by Gasteiger charge is 2.28. The fraction of sp³-hybridized carbons (Fsp3) is 0.125. The lowest BCUT2D eigenvalue weighted by atomic mass is 10.1. The van der Waals surface area contributed by atoms with Gasteiger partial charge in [-0.3, -0.25) is 0 Å². The summed E-state index contributed by atoms with van der Waals surface area (Å²) in [6.07, 6.45) is -2.96. The summed E-state index contributed by atoms with van der Waals surface area (Å²) >= 11 is 0. The van der Waals surface area contributed by atoms with Crippen molar-refractivity contribution < 1.29 is 24.5 Å². The molecule has 1 unspecified atom stereocenters. The van der Waals surface area contributed by atoms with E-state index in [-0.39, 0.29) is 0 Å². The van der Waals surface area contributed by atoms with Crippen molar-refractivity contribution in [1.82, 2.24) is 0 Å². The smallest absolute Gasteiger partial charge is 0.349 e. The molecule has 5 nitrogen and oxygen atoms in total. The largest absolute Gasteiger partial charge is 0.478 e. The number of carbonyl (C=O) groups is 2. The molecule has 0 saturated carbocycles. The Labute approximate surface area is 121 Å². The van der Waals surface area contributed by atoms with Gasteiger partial charge in [0, 0.05) is 5.56 Å². The second-order valence-corrected chi connectivity index (χ2v) is 4.38. The average molecular weight is 286 g/mol. The van der Waals surface area contributed by atoms with Crippen LogP contribution >= 0.6 is 0 Å². The van der Waals surface area contributed by atoms with Gasteiger partial charge in [-0.25, -0.2) is 9.59 Å². The topological polar surface area (TPSA) is 83.8 Å². The molecule has 0 aliphatic heterocycles. The number of aliphatic hydroxyl groups is 1. The van der Waals surface area contributed by atoms with Gasteiger partial charge in [0.15, 0.2) is 6.10 Å². The Balaban J connectivity index is 2.14. The number of rotatable bonds is 5. The molecule has 2 aromatic rings. The number of benzene rings is 2. The van der Waals surface area contributed by atoms with Gasteiger partial charge in [0.05, 0.1) is 0 Å². The van der Waals surface area contributed by atoms with E-state index in [9.17, 15) is 14.7 Å². The molecule has 0 aliphatic rings. The molecule has 0 amide bonds. The molecular weight excluding hydrogens is 272 g/mol. The van der Waals surface area contributed by atoms with Gasteiger partial charge < -0.3 is 14.9 Å². The predicted molar refractivity (Wildman–Crippen MR) is 74.3 cm³/mol. The monoisotopic (exact) mass is 286 g/mol. The number of carboxylic acids is 1. The highest BCUT2D eigenvalue weighted by Crippen LogP contribution is 2.22. The number of carboxylic acid groups (broad SMARTS) is 1. The van der Waals surface area contributed by atoms with Crippen LogP contribution in [0.4, 0.5) is 0 Å². The van der Waals surface area contributed by atoms with Gasteiger partial charge >= 0.3 is 11.9 Å². The van der Waals surface area contributed by atoms with E-state index in [0.717, 1.165) is 0 Å². The zero-order valence-electron chi connectivity index (χ0n) is 11.0. The standard InChI is InChI=1S/C16H14O5/c17-13(11-7-3-1-4-8-11)16(20)21-14(15(18)19)12-9-5-2-6-10-12/h1-10,13-14,17H,(H,18,19)/t13?,14-/m0/s1. The maximum atomic E-state index is 11.9. The van der Waals surface area contributed by atoms with Crippen molar-refractivity contribution in [1.29, 1.82) is 0 Å². The summed E-state index contributed by atoms with van der Waals surface area (Å²) in [6, 6.07) is 16.3. The molecule has 0 fully saturated rings. The number of esters is 1. The zero-order valence-corrected chi connectivity index (χ0v) is 11.0. The van der Waals surface area contributed by atoms with Crippen LogP contribution in [0.15, 0.2) is 60.7 Å². The third-order valence-electron chi connectivity index (χ3n) is 2.90. The first-order chi connectivity index (χ1) is 10.1. The van der Waals surface area contributed by atoms with E-state index in [4.69, 9.17) is 9.84 Å². The average Bonchev–Trinajstić information content (AvgIpc) is 2.53. The molecule has 2 N–H and O–H groups in total. The summed E-state index contributed by atoms with van der Waals surface area (Å²) in [5.74, 6) is -2.30. The lowest BCUT2D eigenvalue weighted by molar-refractivity contribution is -0.171. The van der Waals surface area contributed by atoms with E-state index < -0.39 is 24.1 Å². The molecule has 21 heavy (non-hydrogen) atoms. The minimum atomic E-state index is -1.52. The third kappa shape index (κ3) is 3.67. The molecule has 108 valence electrons. The minimum absolute atomic E-state index is 0.332. The van der Waals surface area contributed by atoms with Gasteiger partial charge in [0.1, 0.15) is 0 Å². The van der Waals surface area contributed by atoms with Crippen LogP contribution in [0.5, 0.6) is 0 Å². The van der Waals surface area contributed by atoms with Gasteiger partial charge in [0.25, 0.3) is 0 Å². The van der Waals surface area contributed by atoms with Crippen LogP contribution in [-0.2, 0) is 14.3 Å². The molecule has 0 saturated heterocycles. The fourth-order valence-corrected chi connectivity index (χ4v) is 1.84. The number of aliphatic carboxylic acids is 1. The molecule has 0 heterocycles. The molecule has 2 atom stereocenters. The lowest BCUT2D eigenvalue weighted by Gasteiger charge is -2.16. The molecule has 0 aliphatic carbocycles. The van der Waals surface area contributed by atoms with Crippen molar-refractivity contribution >= 4 is 11.9 Å². The van der Waals surface area contributed by atoms with Crippen LogP contribution in [0.25, 0.3) is 0 Å². The summed E-state index contributed by atoms with van der Waals surface area (Å²) in [4.78, 5) is 23.1. The van der Waals surface area contributed by atoms with Gasteiger partial charge in [-0.2, -0.15) is 0 Å². The molecule has 2 rings (SSSR count). The van der Waals surface area contributed by atoms with Crippen LogP contribution in [0.2, 0.25) is 0 Å².